The number of rotatable bonds is 19. The number of methoxy groups -OCH3 is 1. The number of carboxylic acids is 2. The summed E-state index contributed by atoms with van der Waals surface area (Å²) < 4.78 is 40.6. The number of hydrogen-bond donors (Lipinski definition) is 1. The van der Waals surface area contributed by atoms with Crippen LogP contribution in [0.2, 0.25) is 0 Å². The van der Waals surface area contributed by atoms with Gasteiger partial charge in [0.25, 0.3) is 0 Å². The van der Waals surface area contributed by atoms with E-state index in [1.54, 1.807) is 75.6 Å². The van der Waals surface area contributed by atoms with Crippen molar-refractivity contribution in [3.8, 4) is 5.75 Å². The molecule has 2 aromatic carbocycles. The molecule has 2 rings (SSSR count). The normalized spacial score (nSPS) is 11.8. The summed E-state index contributed by atoms with van der Waals surface area (Å²) in [5.74, 6) is -3.11. The predicted octanol–water partition coefficient (Wildman–Crippen LogP) is 0.234. The maximum Gasteiger partial charge on any atom is 1.00 e. The second-order valence-corrected chi connectivity index (χ2v) is 12.8. The Labute approximate surface area is 381 Å². The van der Waals surface area contributed by atoms with Crippen molar-refractivity contribution in [2.24, 2.45) is 0 Å². The average molecular weight is 842 g/mol. The van der Waals surface area contributed by atoms with E-state index >= 15 is 0 Å². The third kappa shape index (κ3) is 23.6. The van der Waals surface area contributed by atoms with Gasteiger partial charge in [-0.1, -0.05) is 44.5 Å². The van der Waals surface area contributed by atoms with E-state index in [1.165, 1.54) is 14.2 Å². The van der Waals surface area contributed by atoms with E-state index < -0.39 is 35.0 Å². The van der Waals surface area contributed by atoms with Gasteiger partial charge in [-0.25, -0.2) is 18.6 Å². The molecule has 0 saturated heterocycles. The van der Waals surface area contributed by atoms with E-state index in [2.05, 4.69) is 9.47 Å². The van der Waals surface area contributed by atoms with Crippen molar-refractivity contribution in [2.45, 2.75) is 84.8 Å². The SMILES string of the molecule is CC/C(=C(/OC(C)C)C(=O)[O-])c1ccc(S(=O)OC)cc1.CCC/C(=C(/OC(C)C)C(=O)O)c1ccc(OOSC)cc1.CCOC(=O)/C=C/C(=O)OC.[Na+].[Na+]. The third-order valence-corrected chi connectivity index (χ3v) is 7.44. The van der Waals surface area contributed by atoms with Crippen molar-refractivity contribution < 1.29 is 125 Å². The Balaban J connectivity index is -0.000000779. The van der Waals surface area contributed by atoms with Gasteiger partial charge in [-0.15, -0.1) is 4.33 Å². The fourth-order valence-electron chi connectivity index (χ4n) is 4.14. The van der Waals surface area contributed by atoms with Gasteiger partial charge >= 0.3 is 77.0 Å². The van der Waals surface area contributed by atoms with Crippen molar-refractivity contribution in [1.29, 1.82) is 0 Å². The Kier molecular flexibility index (Phi) is 34.3. The Morgan fingerprint density at radius 1 is 0.804 bits per heavy atom. The van der Waals surface area contributed by atoms with Crippen LogP contribution in [0.1, 0.15) is 78.9 Å². The molecule has 1 atom stereocenters. The molecule has 14 nitrogen and oxygen atoms in total. The first-order chi connectivity index (χ1) is 25.6. The second kappa shape index (κ2) is 33.3. The zero-order valence-electron chi connectivity index (χ0n) is 34.3. The molecule has 0 bridgehead atoms. The summed E-state index contributed by atoms with van der Waals surface area (Å²) in [5, 5.41) is 20.7. The van der Waals surface area contributed by atoms with Crippen LogP contribution >= 0.6 is 12.0 Å². The molecule has 1 N–H and O–H groups in total. The van der Waals surface area contributed by atoms with Gasteiger partial charge in [0, 0.05) is 41.6 Å². The predicted molar refractivity (Wildman–Crippen MR) is 203 cm³/mol. The van der Waals surface area contributed by atoms with Crippen LogP contribution in [-0.4, -0.2) is 72.5 Å². The number of carbonyl (C=O) groups is 4. The monoisotopic (exact) mass is 841 g/mol. The minimum Gasteiger partial charge on any atom is -0.542 e. The first-order valence-corrected chi connectivity index (χ1v) is 19.0. The number of esters is 2. The Morgan fingerprint density at radius 2 is 1.30 bits per heavy atom. The Morgan fingerprint density at radius 3 is 1.71 bits per heavy atom. The molecular formula is C38H51Na2O14S2+. The number of hydrogen-bond acceptors (Lipinski definition) is 14. The van der Waals surface area contributed by atoms with Gasteiger partial charge in [0.15, 0.2) is 16.8 Å². The number of carboxylic acid groups (broad SMARTS) is 2. The number of aliphatic carboxylic acids is 2. The summed E-state index contributed by atoms with van der Waals surface area (Å²) in [5.41, 5.74) is 2.71. The molecule has 0 saturated carbocycles. The van der Waals surface area contributed by atoms with Gasteiger partial charge in [-0.3, -0.25) is 4.18 Å². The first-order valence-electron chi connectivity index (χ1n) is 16.8. The van der Waals surface area contributed by atoms with E-state index in [0.29, 0.717) is 46.8 Å². The molecule has 0 heterocycles. The average Bonchev–Trinajstić information content (AvgIpc) is 3.14. The van der Waals surface area contributed by atoms with E-state index in [0.717, 1.165) is 36.2 Å². The van der Waals surface area contributed by atoms with Crippen molar-refractivity contribution in [3.05, 3.63) is 83.3 Å². The second-order valence-electron chi connectivity index (χ2n) is 11.0. The summed E-state index contributed by atoms with van der Waals surface area (Å²) in [4.78, 5) is 49.3. The minimum atomic E-state index is -1.52. The summed E-state index contributed by atoms with van der Waals surface area (Å²) >= 11 is -0.417. The van der Waals surface area contributed by atoms with Crippen molar-refractivity contribution in [1.82, 2.24) is 0 Å². The first kappa shape index (κ1) is 57.7. The molecule has 0 fully saturated rings. The maximum absolute atomic E-state index is 11.5. The molecular weight excluding hydrogens is 791 g/mol. The zero-order chi connectivity index (χ0) is 41.2. The van der Waals surface area contributed by atoms with Crippen LogP contribution in [0.15, 0.2) is 77.1 Å². The Bertz CT molecular complexity index is 1590. The molecule has 56 heavy (non-hydrogen) atoms. The molecule has 1 unspecified atom stereocenters. The smallest absolute Gasteiger partial charge is 0.542 e. The zero-order valence-corrected chi connectivity index (χ0v) is 40.0. The van der Waals surface area contributed by atoms with E-state index in [4.69, 9.17) is 22.9 Å². The molecule has 300 valence electrons. The molecule has 0 aliphatic heterocycles. The topological polar surface area (TPSA) is 193 Å². The van der Waals surface area contributed by atoms with Crippen molar-refractivity contribution >= 4 is 58.1 Å². The fraction of sp³-hybridized carbons (Fsp3) is 0.421. The van der Waals surface area contributed by atoms with Gasteiger partial charge in [0.05, 0.1) is 37.9 Å². The molecule has 0 radical (unpaired) electrons. The molecule has 0 aromatic heterocycles. The van der Waals surface area contributed by atoms with E-state index in [-0.39, 0.29) is 82.8 Å². The standard InChI is InChI=1S/C16H22O5S.C15H20O5S.C7H10O4.2Na/c1-5-6-14(15(16(17)18)19-11(2)3)12-7-9-13(10-8-12)20-21-22-4;1-5-13(14(15(16)17)20-10(2)3)11-6-8-12(9-7-11)21(18)19-4;1-3-11-7(9)5-4-6(8)10-2;;/h7-11H,5-6H2,1-4H3,(H,17,18);6-10H,5H2,1-4H3,(H,16,17);4-5H,3H2,1-2H3;;/q;;;2*+1/p-1/b15-14-;14-13-;5-4+;;. The van der Waals surface area contributed by atoms with Gasteiger partial charge in [-0.2, -0.15) is 0 Å². The van der Waals surface area contributed by atoms with Crippen LogP contribution in [0, 0.1) is 0 Å². The fourth-order valence-corrected chi connectivity index (χ4v) is 4.84. The molecule has 0 amide bonds. The largest absolute Gasteiger partial charge is 1.00 e. The number of benzene rings is 2. The quantitative estimate of drug-likeness (QED) is 0.0384. The molecule has 0 aliphatic rings. The summed E-state index contributed by atoms with van der Waals surface area (Å²) in [6.07, 6.45) is 5.24. The number of ether oxygens (including phenoxy) is 4. The van der Waals surface area contributed by atoms with Crippen molar-refractivity contribution in [2.75, 3.05) is 27.1 Å². The number of allylic oxidation sites excluding steroid dienone is 2. The summed E-state index contributed by atoms with van der Waals surface area (Å²) in [6.45, 7) is 12.9. The van der Waals surface area contributed by atoms with Crippen LogP contribution in [0.3, 0.4) is 0 Å². The maximum atomic E-state index is 11.5. The van der Waals surface area contributed by atoms with E-state index in [9.17, 15) is 33.6 Å². The van der Waals surface area contributed by atoms with E-state index in [1.807, 2.05) is 27.7 Å². The molecule has 0 spiro atoms. The van der Waals surface area contributed by atoms with Crippen LogP contribution in [0.4, 0.5) is 0 Å². The Hall–Kier alpha value is -2.64. The summed E-state index contributed by atoms with van der Waals surface area (Å²) in [7, 11) is 2.59. The van der Waals surface area contributed by atoms with Crippen LogP contribution < -0.4 is 69.1 Å². The number of carbonyl (C=O) groups excluding carboxylic acids is 3. The van der Waals surface area contributed by atoms with Crippen molar-refractivity contribution in [3.63, 3.8) is 0 Å². The van der Waals surface area contributed by atoms with Gasteiger partial charge in [-0.05, 0) is 82.9 Å². The summed E-state index contributed by atoms with van der Waals surface area (Å²) in [6, 6.07) is 13.7. The van der Waals surface area contributed by atoms with Gasteiger partial charge < -0.3 is 38.8 Å². The van der Waals surface area contributed by atoms with Crippen LogP contribution in [-0.2, 0) is 57.7 Å². The third-order valence-electron chi connectivity index (χ3n) is 6.28. The molecule has 2 aromatic rings. The minimum absolute atomic E-state index is 0. The molecule has 0 aliphatic carbocycles. The molecule has 18 heteroatoms. The van der Waals surface area contributed by atoms with Crippen LogP contribution in [0.25, 0.3) is 11.1 Å². The van der Waals surface area contributed by atoms with Gasteiger partial charge in [0.2, 0.25) is 5.76 Å². The van der Waals surface area contributed by atoms with Crippen LogP contribution in [0.5, 0.6) is 5.75 Å². The van der Waals surface area contributed by atoms with Gasteiger partial charge in [0.1, 0.15) is 11.7 Å².